The van der Waals surface area contributed by atoms with E-state index in [4.69, 9.17) is 19.7 Å². The Labute approximate surface area is 200 Å². The molecule has 4 aromatic rings. The van der Waals surface area contributed by atoms with Crippen LogP contribution in [0, 0.1) is 0 Å². The third-order valence-electron chi connectivity index (χ3n) is 5.06. The molecule has 10 nitrogen and oxygen atoms in total. The summed E-state index contributed by atoms with van der Waals surface area (Å²) in [4.78, 5) is 17.0. The molecule has 0 unspecified atom stereocenters. The van der Waals surface area contributed by atoms with Gasteiger partial charge in [0, 0.05) is 12.1 Å². The van der Waals surface area contributed by atoms with Gasteiger partial charge < -0.3 is 25.0 Å². The van der Waals surface area contributed by atoms with E-state index in [1.54, 1.807) is 14.2 Å². The summed E-state index contributed by atoms with van der Waals surface area (Å²) in [5, 5.41) is 12.0. The number of anilines is 1. The number of hydrogen-bond donors (Lipinski definition) is 2. The van der Waals surface area contributed by atoms with Crippen molar-refractivity contribution >= 4 is 23.5 Å². The summed E-state index contributed by atoms with van der Waals surface area (Å²) < 4.78 is 17.3. The van der Waals surface area contributed by atoms with Gasteiger partial charge in [-0.25, -0.2) is 4.68 Å². The Balaban J connectivity index is 1.50. The molecule has 2 aromatic heterocycles. The van der Waals surface area contributed by atoms with Crippen molar-refractivity contribution in [3.63, 3.8) is 0 Å². The summed E-state index contributed by atoms with van der Waals surface area (Å²) in [5.41, 5.74) is 8.53. The van der Waals surface area contributed by atoms with Crippen LogP contribution in [0.1, 0.15) is 5.56 Å². The van der Waals surface area contributed by atoms with Gasteiger partial charge in [-0.15, -0.1) is 11.8 Å². The van der Waals surface area contributed by atoms with Crippen LogP contribution in [-0.2, 0) is 17.9 Å². The molecule has 1 amide bonds. The minimum Gasteiger partial charge on any atom is -0.497 e. The van der Waals surface area contributed by atoms with E-state index in [0.717, 1.165) is 22.6 Å². The number of nitrogens with zero attached hydrogens (tertiary/aromatic N) is 4. The molecule has 0 bridgehead atoms. The lowest BCUT2D eigenvalue weighted by molar-refractivity contribution is -0.122. The predicted molar refractivity (Wildman–Crippen MR) is 129 cm³/mol. The molecule has 0 aliphatic heterocycles. The second kappa shape index (κ2) is 10.3. The number of methoxy groups -OCH3 is 2. The van der Waals surface area contributed by atoms with E-state index >= 15 is 0 Å². The highest BCUT2D eigenvalue weighted by Crippen LogP contribution is 2.35. The molecule has 176 valence electrons. The topological polar surface area (TPSA) is 130 Å². The van der Waals surface area contributed by atoms with Crippen molar-refractivity contribution in [1.29, 1.82) is 0 Å². The SMILES string of the molecule is COc1ccc(-c2noc(-c3c(SC)nn(CC(=O)NCc4cccc(OC)c4)c3N)n2)cc1. The van der Waals surface area contributed by atoms with Gasteiger partial charge in [0.15, 0.2) is 0 Å². The zero-order valence-corrected chi connectivity index (χ0v) is 19.8. The van der Waals surface area contributed by atoms with Crippen LogP contribution in [0.4, 0.5) is 5.82 Å². The van der Waals surface area contributed by atoms with Crippen LogP contribution in [0.15, 0.2) is 58.1 Å². The zero-order chi connectivity index (χ0) is 24.1. The molecule has 34 heavy (non-hydrogen) atoms. The van der Waals surface area contributed by atoms with Crippen molar-refractivity contribution in [2.45, 2.75) is 18.1 Å². The Hall–Kier alpha value is -3.99. The highest BCUT2D eigenvalue weighted by atomic mass is 32.2. The number of benzene rings is 2. The number of thioether (sulfide) groups is 1. The van der Waals surface area contributed by atoms with Crippen LogP contribution in [-0.4, -0.2) is 46.3 Å². The standard InChI is InChI=1S/C23H24N6O4S/c1-31-16-9-7-15(8-10-16)21-26-22(33-28-21)19-20(24)29(27-23(19)34-3)13-18(30)25-12-14-5-4-6-17(11-14)32-2/h4-11H,12-13,24H2,1-3H3,(H,25,30). The van der Waals surface area contributed by atoms with Gasteiger partial charge in [-0.2, -0.15) is 10.1 Å². The van der Waals surface area contributed by atoms with E-state index < -0.39 is 0 Å². The van der Waals surface area contributed by atoms with Crippen molar-refractivity contribution in [3.8, 4) is 34.3 Å². The van der Waals surface area contributed by atoms with Crippen molar-refractivity contribution < 1.29 is 18.8 Å². The predicted octanol–water partition coefficient (Wildman–Crippen LogP) is 3.24. The smallest absolute Gasteiger partial charge is 0.264 e. The van der Waals surface area contributed by atoms with Gasteiger partial charge in [0.25, 0.3) is 5.89 Å². The van der Waals surface area contributed by atoms with Gasteiger partial charge in [0.2, 0.25) is 11.7 Å². The molecule has 4 rings (SSSR count). The summed E-state index contributed by atoms with van der Waals surface area (Å²) in [6, 6.07) is 14.8. The van der Waals surface area contributed by atoms with Gasteiger partial charge in [-0.3, -0.25) is 4.79 Å². The Morgan fingerprint density at radius 3 is 2.62 bits per heavy atom. The summed E-state index contributed by atoms with van der Waals surface area (Å²) >= 11 is 1.37. The highest BCUT2D eigenvalue weighted by Gasteiger charge is 2.23. The lowest BCUT2D eigenvalue weighted by atomic mass is 10.2. The first-order valence-corrected chi connectivity index (χ1v) is 11.5. The molecular weight excluding hydrogens is 456 g/mol. The number of ether oxygens (including phenoxy) is 2. The molecule has 0 aliphatic carbocycles. The average Bonchev–Trinajstić information content (AvgIpc) is 3.47. The van der Waals surface area contributed by atoms with E-state index in [0.29, 0.717) is 23.0 Å². The van der Waals surface area contributed by atoms with Gasteiger partial charge >= 0.3 is 0 Å². The minimum absolute atomic E-state index is 0.0527. The maximum absolute atomic E-state index is 12.6. The van der Waals surface area contributed by atoms with Gasteiger partial charge in [-0.05, 0) is 48.2 Å². The number of nitrogens with two attached hydrogens (primary N) is 1. The monoisotopic (exact) mass is 480 g/mol. The van der Waals surface area contributed by atoms with E-state index in [1.165, 1.54) is 16.4 Å². The molecule has 0 saturated carbocycles. The summed E-state index contributed by atoms with van der Waals surface area (Å²) in [7, 11) is 3.20. The average molecular weight is 481 g/mol. The Kier molecular flexibility index (Phi) is 7.02. The highest BCUT2D eigenvalue weighted by molar-refractivity contribution is 7.98. The molecule has 2 aromatic carbocycles. The molecule has 0 fully saturated rings. The first kappa shape index (κ1) is 23.2. The number of aromatic nitrogens is 4. The summed E-state index contributed by atoms with van der Waals surface area (Å²) in [6.45, 7) is 0.303. The maximum atomic E-state index is 12.6. The molecule has 0 atom stereocenters. The quantitative estimate of drug-likeness (QED) is 0.347. The lowest BCUT2D eigenvalue weighted by Gasteiger charge is -2.08. The molecule has 0 saturated heterocycles. The lowest BCUT2D eigenvalue weighted by Crippen LogP contribution is -2.28. The fraction of sp³-hybridized carbons (Fsp3) is 0.217. The maximum Gasteiger partial charge on any atom is 0.264 e. The van der Waals surface area contributed by atoms with Crippen molar-refractivity contribution in [3.05, 3.63) is 54.1 Å². The first-order chi connectivity index (χ1) is 16.5. The van der Waals surface area contributed by atoms with E-state index in [1.807, 2.05) is 54.8 Å². The van der Waals surface area contributed by atoms with E-state index in [9.17, 15) is 4.79 Å². The number of rotatable bonds is 9. The van der Waals surface area contributed by atoms with Gasteiger partial charge in [0.05, 0.1) is 14.2 Å². The molecule has 0 spiro atoms. The number of carbonyl (C=O) groups is 1. The number of amides is 1. The number of hydrogen-bond acceptors (Lipinski definition) is 9. The van der Waals surface area contributed by atoms with Crippen molar-refractivity contribution in [2.24, 2.45) is 0 Å². The minimum atomic E-state index is -0.235. The third-order valence-corrected chi connectivity index (χ3v) is 5.73. The second-order valence-electron chi connectivity index (χ2n) is 7.21. The zero-order valence-electron chi connectivity index (χ0n) is 18.9. The first-order valence-electron chi connectivity index (χ1n) is 10.3. The van der Waals surface area contributed by atoms with Gasteiger partial charge in [-0.1, -0.05) is 17.3 Å². The van der Waals surface area contributed by atoms with Crippen LogP contribution in [0.2, 0.25) is 0 Å². The fourth-order valence-corrected chi connectivity index (χ4v) is 3.85. The summed E-state index contributed by atoms with van der Waals surface area (Å²) in [6.07, 6.45) is 1.86. The fourth-order valence-electron chi connectivity index (χ4n) is 3.27. The Morgan fingerprint density at radius 2 is 1.91 bits per heavy atom. The molecule has 11 heteroatoms. The number of nitrogen functional groups attached to an aromatic ring is 1. The van der Waals surface area contributed by atoms with Crippen LogP contribution >= 0.6 is 11.8 Å². The Bertz CT molecular complexity index is 1290. The van der Waals surface area contributed by atoms with Gasteiger partial charge in [0.1, 0.15) is 34.5 Å². The van der Waals surface area contributed by atoms with E-state index in [2.05, 4.69) is 20.6 Å². The molecule has 0 radical (unpaired) electrons. The molecule has 3 N–H and O–H groups in total. The van der Waals surface area contributed by atoms with Crippen molar-refractivity contribution in [2.75, 3.05) is 26.2 Å². The van der Waals surface area contributed by atoms with Crippen LogP contribution < -0.4 is 20.5 Å². The third kappa shape index (κ3) is 4.99. The number of carbonyl (C=O) groups excluding carboxylic acids is 1. The molecule has 2 heterocycles. The number of nitrogens with one attached hydrogen (secondary N) is 1. The van der Waals surface area contributed by atoms with Crippen LogP contribution in [0.25, 0.3) is 22.8 Å². The second-order valence-corrected chi connectivity index (χ2v) is 8.00. The molecular formula is C23H24N6O4S. The van der Waals surface area contributed by atoms with Crippen LogP contribution in [0.3, 0.4) is 0 Å². The molecule has 0 aliphatic rings. The Morgan fingerprint density at radius 1 is 1.15 bits per heavy atom. The van der Waals surface area contributed by atoms with E-state index in [-0.39, 0.29) is 24.2 Å². The van der Waals surface area contributed by atoms with Crippen molar-refractivity contribution in [1.82, 2.24) is 25.2 Å². The largest absolute Gasteiger partial charge is 0.497 e. The van der Waals surface area contributed by atoms with Crippen LogP contribution in [0.5, 0.6) is 11.5 Å². The summed E-state index contributed by atoms with van der Waals surface area (Å²) in [5.74, 6) is 2.13. The normalized spacial score (nSPS) is 10.8.